The lowest BCUT2D eigenvalue weighted by atomic mass is 9.89. The number of carbonyl (C=O) groups is 1. The van der Waals surface area contributed by atoms with Gasteiger partial charge >= 0.3 is 0 Å². The number of nitrogens with zero attached hydrogens (tertiary/aromatic N) is 2. The molecule has 1 saturated heterocycles. The third kappa shape index (κ3) is 6.32. The molecular weight excluding hydrogens is 410 g/mol. The van der Waals surface area contributed by atoms with E-state index in [2.05, 4.69) is 33.4 Å². The zero-order chi connectivity index (χ0) is 23.2. The van der Waals surface area contributed by atoms with Crippen molar-refractivity contribution in [2.45, 2.75) is 46.1 Å². The minimum atomic E-state index is 0.0128. The molecule has 2 heterocycles. The van der Waals surface area contributed by atoms with Crippen molar-refractivity contribution in [2.75, 3.05) is 26.2 Å². The van der Waals surface area contributed by atoms with Gasteiger partial charge in [0.2, 0.25) is 0 Å². The fourth-order valence-electron chi connectivity index (χ4n) is 4.57. The van der Waals surface area contributed by atoms with Gasteiger partial charge in [0.1, 0.15) is 12.4 Å². The first-order chi connectivity index (χ1) is 16.0. The highest BCUT2D eigenvalue weighted by Crippen LogP contribution is 2.25. The Bertz CT molecular complexity index is 1090. The number of benzene rings is 2. The number of hydrogen-bond acceptors (Lipinski definition) is 4. The maximum absolute atomic E-state index is 12.3. The van der Waals surface area contributed by atoms with Crippen LogP contribution < -0.4 is 10.1 Å². The molecule has 1 aliphatic heterocycles. The monoisotopic (exact) mass is 445 g/mol. The Morgan fingerprint density at radius 1 is 1.12 bits per heavy atom. The highest BCUT2D eigenvalue weighted by Gasteiger charge is 2.20. The smallest absolute Gasteiger partial charge is 0.251 e. The molecule has 1 aromatic heterocycles. The lowest BCUT2D eigenvalue weighted by Gasteiger charge is -2.32. The second-order valence-corrected chi connectivity index (χ2v) is 9.44. The number of carbonyl (C=O) groups excluding carboxylic acids is 1. The number of rotatable bonds is 8. The lowest BCUT2D eigenvalue weighted by molar-refractivity contribution is 0.0943. The molecular formula is C28H35N3O2. The molecule has 1 amide bonds. The van der Waals surface area contributed by atoms with Gasteiger partial charge in [-0.1, -0.05) is 18.2 Å². The van der Waals surface area contributed by atoms with E-state index in [1.54, 1.807) is 0 Å². The molecule has 4 rings (SSSR count). The lowest BCUT2D eigenvalue weighted by Crippen LogP contribution is -2.37. The van der Waals surface area contributed by atoms with Crippen LogP contribution in [-0.4, -0.2) is 48.1 Å². The Balaban J connectivity index is 1.23. The largest absolute Gasteiger partial charge is 0.492 e. The molecule has 0 unspecified atom stereocenters. The minimum Gasteiger partial charge on any atom is -0.492 e. The molecule has 5 heteroatoms. The van der Waals surface area contributed by atoms with Crippen LogP contribution >= 0.6 is 0 Å². The van der Waals surface area contributed by atoms with Gasteiger partial charge in [0.15, 0.2) is 0 Å². The zero-order valence-electron chi connectivity index (χ0n) is 20.0. The second-order valence-electron chi connectivity index (χ2n) is 9.44. The van der Waals surface area contributed by atoms with Gasteiger partial charge in [-0.25, -0.2) is 0 Å². The number of likely N-dealkylation sites (tertiary alicyclic amines) is 1. The number of nitrogens with one attached hydrogen (secondary N) is 1. The van der Waals surface area contributed by atoms with Crippen molar-refractivity contribution in [1.82, 2.24) is 15.2 Å². The molecule has 2 aromatic carbocycles. The van der Waals surface area contributed by atoms with Gasteiger partial charge in [-0.3, -0.25) is 14.7 Å². The number of aryl methyl sites for hydroxylation is 1. The van der Waals surface area contributed by atoms with Crippen LogP contribution in [0.2, 0.25) is 0 Å². The highest BCUT2D eigenvalue weighted by atomic mass is 16.5. The number of fused-ring (bicyclic) bond motifs is 1. The molecule has 33 heavy (non-hydrogen) atoms. The average molecular weight is 446 g/mol. The molecule has 0 aliphatic carbocycles. The second kappa shape index (κ2) is 10.8. The Kier molecular flexibility index (Phi) is 7.61. The Morgan fingerprint density at radius 2 is 1.91 bits per heavy atom. The van der Waals surface area contributed by atoms with Crippen LogP contribution in [0.25, 0.3) is 10.9 Å². The summed E-state index contributed by atoms with van der Waals surface area (Å²) < 4.78 is 6.13. The van der Waals surface area contributed by atoms with Crippen molar-refractivity contribution >= 4 is 16.8 Å². The van der Waals surface area contributed by atoms with Gasteiger partial charge in [0.25, 0.3) is 5.91 Å². The van der Waals surface area contributed by atoms with Crippen LogP contribution in [0.3, 0.4) is 0 Å². The van der Waals surface area contributed by atoms with Crippen molar-refractivity contribution in [1.29, 1.82) is 0 Å². The van der Waals surface area contributed by atoms with Crippen molar-refractivity contribution in [3.63, 3.8) is 0 Å². The van der Waals surface area contributed by atoms with Gasteiger partial charge in [-0.15, -0.1) is 0 Å². The number of piperidine rings is 1. The Hall–Kier alpha value is -2.92. The molecule has 1 N–H and O–H groups in total. The first-order valence-corrected chi connectivity index (χ1v) is 12.1. The standard InChI is InChI=1S/C28H35N3O2/c1-20(2)29-28(32)24-7-4-6-23(19-24)18-22-12-14-31(15-13-22)16-17-33-27-9-5-8-26-25(27)11-10-21(3)30-26/h4-11,19-20,22H,12-18H2,1-3H3,(H,29,32). The average Bonchev–Trinajstić information content (AvgIpc) is 2.80. The van der Waals surface area contributed by atoms with Crippen molar-refractivity contribution < 1.29 is 9.53 Å². The number of ether oxygens (including phenoxy) is 1. The van der Waals surface area contributed by atoms with E-state index in [0.717, 1.165) is 54.0 Å². The summed E-state index contributed by atoms with van der Waals surface area (Å²) in [5.41, 5.74) is 4.02. The molecule has 1 aliphatic rings. The van der Waals surface area contributed by atoms with E-state index in [-0.39, 0.29) is 11.9 Å². The van der Waals surface area contributed by atoms with Gasteiger partial charge < -0.3 is 10.1 Å². The molecule has 0 spiro atoms. The summed E-state index contributed by atoms with van der Waals surface area (Å²) in [5.74, 6) is 1.59. The molecule has 1 fully saturated rings. The number of amides is 1. The molecule has 5 nitrogen and oxygen atoms in total. The van der Waals surface area contributed by atoms with E-state index < -0.39 is 0 Å². The molecule has 174 valence electrons. The fraction of sp³-hybridized carbons (Fsp3) is 0.429. The third-order valence-electron chi connectivity index (χ3n) is 6.34. The normalized spacial score (nSPS) is 15.2. The van der Waals surface area contributed by atoms with Crippen molar-refractivity contribution in [3.05, 3.63) is 71.4 Å². The molecule has 3 aromatic rings. The van der Waals surface area contributed by atoms with Crippen LogP contribution in [0, 0.1) is 12.8 Å². The van der Waals surface area contributed by atoms with Gasteiger partial charge in [-0.05, 0) is 101 Å². The van der Waals surface area contributed by atoms with E-state index in [9.17, 15) is 4.79 Å². The minimum absolute atomic E-state index is 0.0128. The summed E-state index contributed by atoms with van der Waals surface area (Å²) >= 11 is 0. The van der Waals surface area contributed by atoms with E-state index in [4.69, 9.17) is 4.74 Å². The quantitative estimate of drug-likeness (QED) is 0.529. The topological polar surface area (TPSA) is 54.5 Å². The fourth-order valence-corrected chi connectivity index (χ4v) is 4.57. The first-order valence-electron chi connectivity index (χ1n) is 12.1. The number of hydrogen-bond donors (Lipinski definition) is 1. The summed E-state index contributed by atoms with van der Waals surface area (Å²) in [6, 6.07) is 18.5. The summed E-state index contributed by atoms with van der Waals surface area (Å²) in [6.45, 7) is 9.80. The van der Waals surface area contributed by atoms with Gasteiger partial charge in [0, 0.05) is 29.2 Å². The summed E-state index contributed by atoms with van der Waals surface area (Å²) in [7, 11) is 0. The first kappa shape index (κ1) is 23.2. The predicted octanol–water partition coefficient (Wildman–Crippen LogP) is 5.01. The van der Waals surface area contributed by atoms with Crippen LogP contribution in [0.15, 0.2) is 54.6 Å². The van der Waals surface area contributed by atoms with E-state index >= 15 is 0 Å². The molecule has 0 atom stereocenters. The maximum Gasteiger partial charge on any atom is 0.251 e. The summed E-state index contributed by atoms with van der Waals surface area (Å²) in [4.78, 5) is 19.4. The van der Waals surface area contributed by atoms with Crippen LogP contribution in [0.4, 0.5) is 0 Å². The van der Waals surface area contributed by atoms with Crippen molar-refractivity contribution in [3.8, 4) is 5.75 Å². The van der Waals surface area contributed by atoms with Crippen molar-refractivity contribution in [2.24, 2.45) is 5.92 Å². The van der Waals surface area contributed by atoms with Crippen LogP contribution in [-0.2, 0) is 6.42 Å². The summed E-state index contributed by atoms with van der Waals surface area (Å²) in [6.07, 6.45) is 3.40. The molecule has 0 radical (unpaired) electrons. The molecule has 0 bridgehead atoms. The van der Waals surface area contributed by atoms with Crippen LogP contribution in [0.5, 0.6) is 5.75 Å². The van der Waals surface area contributed by atoms with Crippen LogP contribution in [0.1, 0.15) is 48.3 Å². The van der Waals surface area contributed by atoms with E-state index in [1.165, 1.54) is 18.4 Å². The Labute approximate surface area is 197 Å². The predicted molar refractivity (Wildman–Crippen MR) is 134 cm³/mol. The van der Waals surface area contributed by atoms with E-state index in [1.807, 2.05) is 57.2 Å². The van der Waals surface area contributed by atoms with Gasteiger partial charge in [0.05, 0.1) is 5.52 Å². The van der Waals surface area contributed by atoms with Gasteiger partial charge in [-0.2, -0.15) is 0 Å². The zero-order valence-corrected chi connectivity index (χ0v) is 20.0. The summed E-state index contributed by atoms with van der Waals surface area (Å²) in [5, 5.41) is 4.05. The maximum atomic E-state index is 12.3. The SMILES string of the molecule is Cc1ccc2c(OCCN3CCC(Cc4cccc(C(=O)NC(C)C)c4)CC3)cccc2n1. The van der Waals surface area contributed by atoms with E-state index in [0.29, 0.717) is 12.5 Å². The highest BCUT2D eigenvalue weighted by molar-refractivity contribution is 5.94. The Morgan fingerprint density at radius 3 is 2.70 bits per heavy atom. The number of aromatic nitrogens is 1. The number of pyridine rings is 1. The molecule has 0 saturated carbocycles. The third-order valence-corrected chi connectivity index (χ3v) is 6.34.